The molecule has 1 heterocycles. The van der Waals surface area contributed by atoms with Crippen LogP contribution in [0.5, 0.6) is 0 Å². The van der Waals surface area contributed by atoms with Crippen LogP contribution in [0.4, 0.5) is 0 Å². The first-order valence-electron chi connectivity index (χ1n) is 5.54. The molecule has 1 aliphatic rings. The highest BCUT2D eigenvalue weighted by atomic mass is 79.9. The third-order valence-corrected chi connectivity index (χ3v) is 5.39. The van der Waals surface area contributed by atoms with Crippen LogP contribution in [0.25, 0.3) is 0 Å². The maximum atomic E-state index is 3.57. The summed E-state index contributed by atoms with van der Waals surface area (Å²) in [6.45, 7) is 8.02. The summed E-state index contributed by atoms with van der Waals surface area (Å²) in [7, 11) is 0. The zero-order chi connectivity index (χ0) is 11.1. The summed E-state index contributed by atoms with van der Waals surface area (Å²) in [5, 5.41) is 3.57. The van der Waals surface area contributed by atoms with E-state index in [9.17, 15) is 0 Å². The highest BCUT2D eigenvalue weighted by Gasteiger charge is 2.48. The van der Waals surface area contributed by atoms with E-state index in [0.717, 1.165) is 12.5 Å². The maximum absolute atomic E-state index is 3.57. The summed E-state index contributed by atoms with van der Waals surface area (Å²) >= 11 is 5.42. The van der Waals surface area contributed by atoms with E-state index in [1.54, 1.807) is 0 Å². The van der Waals surface area contributed by atoms with Crippen molar-refractivity contribution in [1.29, 1.82) is 0 Å². The van der Waals surface area contributed by atoms with Crippen LogP contribution in [0.2, 0.25) is 0 Å². The first-order valence-corrected chi connectivity index (χ1v) is 7.15. The van der Waals surface area contributed by atoms with Crippen LogP contribution < -0.4 is 5.32 Å². The summed E-state index contributed by atoms with van der Waals surface area (Å²) in [4.78, 5) is 1.53. The minimum atomic E-state index is 0.403. The van der Waals surface area contributed by atoms with E-state index in [1.807, 2.05) is 11.3 Å². The van der Waals surface area contributed by atoms with Crippen LogP contribution in [0.3, 0.4) is 0 Å². The topological polar surface area (TPSA) is 12.0 Å². The third-order valence-electron chi connectivity index (χ3n) is 3.66. The van der Waals surface area contributed by atoms with Crippen molar-refractivity contribution in [3.63, 3.8) is 0 Å². The van der Waals surface area contributed by atoms with Crippen molar-refractivity contribution in [2.75, 3.05) is 6.54 Å². The number of halogens is 1. The molecule has 0 radical (unpaired) electrons. The fraction of sp³-hybridized carbons (Fsp3) is 0.667. The Bertz CT molecular complexity index is 345. The average molecular weight is 288 g/mol. The number of hydrogen-bond donors (Lipinski definition) is 1. The summed E-state index contributed by atoms with van der Waals surface area (Å²) in [5.74, 6) is 0.734. The van der Waals surface area contributed by atoms with Crippen molar-refractivity contribution >= 4 is 27.3 Å². The van der Waals surface area contributed by atoms with Crippen molar-refractivity contribution in [2.45, 2.75) is 39.2 Å². The quantitative estimate of drug-likeness (QED) is 0.886. The van der Waals surface area contributed by atoms with Crippen molar-refractivity contribution < 1.29 is 0 Å². The average Bonchev–Trinajstić information content (AvgIpc) is 2.58. The van der Waals surface area contributed by atoms with E-state index in [2.05, 4.69) is 54.2 Å². The van der Waals surface area contributed by atoms with Crippen LogP contribution in [-0.4, -0.2) is 12.6 Å². The molecule has 1 saturated carbocycles. The van der Waals surface area contributed by atoms with Crippen LogP contribution in [-0.2, 0) is 0 Å². The molecule has 0 aliphatic heterocycles. The lowest BCUT2D eigenvalue weighted by atomic mass is 9.58. The minimum Gasteiger partial charge on any atom is -0.314 e. The Morgan fingerprint density at radius 3 is 2.73 bits per heavy atom. The molecule has 1 aliphatic carbocycles. The molecule has 0 aromatic carbocycles. The van der Waals surface area contributed by atoms with Crippen molar-refractivity contribution in [2.24, 2.45) is 5.41 Å². The second-order valence-corrected chi connectivity index (χ2v) is 7.36. The van der Waals surface area contributed by atoms with Gasteiger partial charge in [-0.3, -0.25) is 0 Å². The monoisotopic (exact) mass is 287 g/mol. The molecule has 0 amide bonds. The van der Waals surface area contributed by atoms with Gasteiger partial charge in [-0.05, 0) is 46.4 Å². The summed E-state index contributed by atoms with van der Waals surface area (Å²) < 4.78 is 1.25. The Labute approximate surface area is 104 Å². The van der Waals surface area contributed by atoms with Gasteiger partial charge in [-0.1, -0.05) is 20.8 Å². The lowest BCUT2D eigenvalue weighted by Gasteiger charge is -2.52. The van der Waals surface area contributed by atoms with Gasteiger partial charge in [-0.15, -0.1) is 11.3 Å². The molecule has 84 valence electrons. The van der Waals surface area contributed by atoms with Gasteiger partial charge in [0.05, 0.1) is 3.79 Å². The van der Waals surface area contributed by atoms with E-state index in [4.69, 9.17) is 0 Å². The summed E-state index contributed by atoms with van der Waals surface area (Å²) in [6.07, 6.45) is 1.29. The van der Waals surface area contributed by atoms with Crippen molar-refractivity contribution in [3.05, 3.63) is 20.8 Å². The lowest BCUT2D eigenvalue weighted by Crippen LogP contribution is -2.55. The van der Waals surface area contributed by atoms with E-state index in [0.29, 0.717) is 11.5 Å². The molecule has 2 unspecified atom stereocenters. The van der Waals surface area contributed by atoms with Gasteiger partial charge >= 0.3 is 0 Å². The van der Waals surface area contributed by atoms with Gasteiger partial charge in [-0.25, -0.2) is 0 Å². The molecular weight excluding hydrogens is 270 g/mol. The van der Waals surface area contributed by atoms with Crippen molar-refractivity contribution in [3.8, 4) is 0 Å². The molecule has 1 aromatic heterocycles. The normalized spacial score (nSPS) is 28.8. The van der Waals surface area contributed by atoms with Gasteiger partial charge in [-0.2, -0.15) is 0 Å². The van der Waals surface area contributed by atoms with Gasteiger partial charge in [0.2, 0.25) is 0 Å². The minimum absolute atomic E-state index is 0.403. The zero-order valence-corrected chi connectivity index (χ0v) is 11.9. The smallest absolute Gasteiger partial charge is 0.0701 e. The van der Waals surface area contributed by atoms with Gasteiger partial charge in [0, 0.05) is 16.8 Å². The van der Waals surface area contributed by atoms with Crippen LogP contribution in [0, 0.1) is 5.41 Å². The summed E-state index contributed by atoms with van der Waals surface area (Å²) in [6, 6.07) is 5.12. The van der Waals surface area contributed by atoms with Crippen molar-refractivity contribution in [1.82, 2.24) is 5.32 Å². The SMILES string of the molecule is CCNC1CC(c2ccc(Br)s2)C1(C)C. The zero-order valence-electron chi connectivity index (χ0n) is 9.51. The van der Waals surface area contributed by atoms with E-state index >= 15 is 0 Å². The predicted molar refractivity (Wildman–Crippen MR) is 70.6 cm³/mol. The molecule has 2 rings (SSSR count). The van der Waals surface area contributed by atoms with E-state index in [-0.39, 0.29) is 0 Å². The molecule has 2 atom stereocenters. The van der Waals surface area contributed by atoms with Crippen LogP contribution in [0.15, 0.2) is 15.9 Å². The fourth-order valence-electron chi connectivity index (χ4n) is 2.52. The van der Waals surface area contributed by atoms with Gasteiger partial charge in [0.15, 0.2) is 0 Å². The fourth-order valence-corrected chi connectivity index (χ4v) is 4.25. The largest absolute Gasteiger partial charge is 0.314 e. The number of thiophene rings is 1. The highest BCUT2D eigenvalue weighted by Crippen LogP contribution is 2.54. The Balaban J connectivity index is 2.09. The molecule has 1 nitrogen and oxygen atoms in total. The molecule has 15 heavy (non-hydrogen) atoms. The summed E-state index contributed by atoms with van der Waals surface area (Å²) in [5.41, 5.74) is 0.403. The van der Waals surface area contributed by atoms with Crippen LogP contribution >= 0.6 is 27.3 Å². The standard InChI is InChI=1S/C12H18BrNS/c1-4-14-10-7-8(12(10,2)3)9-5-6-11(13)15-9/h5-6,8,10,14H,4,7H2,1-3H3. The second-order valence-electron chi connectivity index (χ2n) is 4.86. The molecule has 3 heteroatoms. The Morgan fingerprint density at radius 1 is 1.53 bits per heavy atom. The lowest BCUT2D eigenvalue weighted by molar-refractivity contribution is 0.0728. The van der Waals surface area contributed by atoms with Gasteiger partial charge in [0.25, 0.3) is 0 Å². The predicted octanol–water partition coefficient (Wildman–Crippen LogP) is 4.00. The van der Waals surface area contributed by atoms with Crippen LogP contribution in [0.1, 0.15) is 38.0 Å². The highest BCUT2D eigenvalue weighted by molar-refractivity contribution is 9.11. The molecule has 1 N–H and O–H groups in total. The molecule has 1 aromatic rings. The second kappa shape index (κ2) is 4.19. The number of nitrogens with one attached hydrogen (secondary N) is 1. The first kappa shape index (κ1) is 11.6. The maximum Gasteiger partial charge on any atom is 0.0701 e. The van der Waals surface area contributed by atoms with E-state index in [1.165, 1.54) is 15.1 Å². The Hall–Kier alpha value is 0.140. The number of hydrogen-bond acceptors (Lipinski definition) is 2. The first-order chi connectivity index (χ1) is 7.05. The molecule has 0 bridgehead atoms. The third kappa shape index (κ3) is 2.02. The molecule has 0 saturated heterocycles. The van der Waals surface area contributed by atoms with Gasteiger partial charge < -0.3 is 5.32 Å². The molecule has 0 spiro atoms. The molecular formula is C12H18BrNS. The Kier molecular flexibility index (Phi) is 3.25. The molecule has 1 fully saturated rings. The van der Waals surface area contributed by atoms with Gasteiger partial charge in [0.1, 0.15) is 0 Å². The number of rotatable bonds is 3. The van der Waals surface area contributed by atoms with E-state index < -0.39 is 0 Å². The Morgan fingerprint density at radius 2 is 2.27 bits per heavy atom.